The van der Waals surface area contributed by atoms with E-state index in [9.17, 15) is 10.1 Å². The van der Waals surface area contributed by atoms with Crippen LogP contribution in [0, 0.1) is 10.1 Å². The van der Waals surface area contributed by atoms with E-state index in [1.807, 2.05) is 0 Å². The molecular formula is C9H11N3O4. The number of hydrogen-bond donors (Lipinski definition) is 0. The van der Waals surface area contributed by atoms with Crippen molar-refractivity contribution in [2.24, 2.45) is 0 Å². The second kappa shape index (κ2) is 5.64. The molecule has 0 bridgehead atoms. The summed E-state index contributed by atoms with van der Waals surface area (Å²) in [6.45, 7) is 2.28. The van der Waals surface area contributed by atoms with Gasteiger partial charge in [-0.05, 0) is 6.92 Å². The molecule has 0 atom stereocenters. The fourth-order valence-corrected chi connectivity index (χ4v) is 1.03. The van der Waals surface area contributed by atoms with E-state index in [2.05, 4.69) is 9.97 Å². The molecule has 0 N–H and O–H groups in total. The van der Waals surface area contributed by atoms with Crippen molar-refractivity contribution in [1.29, 1.82) is 0 Å². The molecule has 7 nitrogen and oxygen atoms in total. The lowest BCUT2D eigenvalue weighted by Gasteiger charge is -2.01. The van der Waals surface area contributed by atoms with Crippen LogP contribution < -0.4 is 4.74 Å². The Labute approximate surface area is 91.9 Å². The van der Waals surface area contributed by atoms with E-state index >= 15 is 0 Å². The Morgan fingerprint density at radius 1 is 1.56 bits per heavy atom. The molecule has 86 valence electrons. The standard InChI is InChI=1S/C9H11N3O4/c1-3-16-5-4-7-8(12(13)14)9(15-2)11-6-10-7/h4-6H,3H2,1-2H3/b5-4+. The first kappa shape index (κ1) is 11.9. The third-order valence-electron chi connectivity index (χ3n) is 1.68. The van der Waals surface area contributed by atoms with Crippen molar-refractivity contribution in [1.82, 2.24) is 9.97 Å². The molecule has 0 aliphatic carbocycles. The van der Waals surface area contributed by atoms with Crippen molar-refractivity contribution in [2.45, 2.75) is 6.92 Å². The normalized spacial score (nSPS) is 10.4. The number of nitrogens with zero attached hydrogens (tertiary/aromatic N) is 3. The summed E-state index contributed by atoms with van der Waals surface area (Å²) in [7, 11) is 1.31. The van der Waals surface area contributed by atoms with Gasteiger partial charge in [-0.15, -0.1) is 0 Å². The molecule has 0 aliphatic rings. The maximum atomic E-state index is 10.8. The monoisotopic (exact) mass is 225 g/mol. The molecule has 0 radical (unpaired) electrons. The fraction of sp³-hybridized carbons (Fsp3) is 0.333. The molecule has 16 heavy (non-hydrogen) atoms. The van der Waals surface area contributed by atoms with Crippen LogP contribution in [0.4, 0.5) is 5.69 Å². The first-order chi connectivity index (χ1) is 7.70. The highest BCUT2D eigenvalue weighted by molar-refractivity contribution is 5.60. The lowest BCUT2D eigenvalue weighted by Crippen LogP contribution is -2.00. The molecule has 7 heteroatoms. The molecule has 0 spiro atoms. The van der Waals surface area contributed by atoms with Gasteiger partial charge in [-0.2, -0.15) is 4.98 Å². The highest BCUT2D eigenvalue weighted by Crippen LogP contribution is 2.27. The van der Waals surface area contributed by atoms with Crippen LogP contribution in [0.5, 0.6) is 5.88 Å². The zero-order valence-corrected chi connectivity index (χ0v) is 8.91. The summed E-state index contributed by atoms with van der Waals surface area (Å²) in [4.78, 5) is 17.7. The number of nitro groups is 1. The molecule has 0 fully saturated rings. The van der Waals surface area contributed by atoms with Crippen LogP contribution in [0.2, 0.25) is 0 Å². The fourth-order valence-electron chi connectivity index (χ4n) is 1.03. The van der Waals surface area contributed by atoms with E-state index < -0.39 is 4.92 Å². The van der Waals surface area contributed by atoms with Gasteiger partial charge in [-0.3, -0.25) is 10.1 Å². The summed E-state index contributed by atoms with van der Waals surface area (Å²) < 4.78 is 9.73. The Balaban J connectivity index is 3.12. The second-order valence-corrected chi connectivity index (χ2v) is 2.63. The molecule has 0 amide bonds. The Morgan fingerprint density at radius 3 is 2.88 bits per heavy atom. The van der Waals surface area contributed by atoms with Gasteiger partial charge < -0.3 is 9.47 Å². The van der Waals surface area contributed by atoms with E-state index in [0.29, 0.717) is 6.61 Å². The molecule has 0 unspecified atom stereocenters. The highest BCUT2D eigenvalue weighted by atomic mass is 16.6. The summed E-state index contributed by atoms with van der Waals surface area (Å²) in [6.07, 6.45) is 3.93. The second-order valence-electron chi connectivity index (χ2n) is 2.63. The van der Waals surface area contributed by atoms with Gasteiger partial charge in [0.05, 0.1) is 24.9 Å². The Morgan fingerprint density at radius 2 is 2.31 bits per heavy atom. The quantitative estimate of drug-likeness (QED) is 0.427. The first-order valence-corrected chi connectivity index (χ1v) is 4.52. The van der Waals surface area contributed by atoms with E-state index in [4.69, 9.17) is 9.47 Å². The van der Waals surface area contributed by atoms with Crippen molar-refractivity contribution in [2.75, 3.05) is 13.7 Å². The molecule has 0 saturated heterocycles. The summed E-state index contributed by atoms with van der Waals surface area (Å²) in [5, 5.41) is 10.8. The molecule has 1 heterocycles. The van der Waals surface area contributed by atoms with Crippen molar-refractivity contribution in [3.05, 3.63) is 28.4 Å². The van der Waals surface area contributed by atoms with Gasteiger partial charge in [0, 0.05) is 6.08 Å². The van der Waals surface area contributed by atoms with Crippen LogP contribution in [0.25, 0.3) is 6.08 Å². The Bertz CT molecular complexity index is 406. The maximum absolute atomic E-state index is 10.8. The van der Waals surface area contributed by atoms with Gasteiger partial charge in [0.25, 0.3) is 5.88 Å². The molecule has 0 aromatic carbocycles. The average molecular weight is 225 g/mol. The van der Waals surface area contributed by atoms with Crippen LogP contribution in [-0.2, 0) is 4.74 Å². The smallest absolute Gasteiger partial charge is 0.356 e. The minimum Gasteiger partial charge on any atom is -0.501 e. The van der Waals surface area contributed by atoms with Gasteiger partial charge >= 0.3 is 5.69 Å². The molecule has 1 aromatic heterocycles. The summed E-state index contributed by atoms with van der Waals surface area (Å²) >= 11 is 0. The summed E-state index contributed by atoms with van der Waals surface area (Å²) in [5.74, 6) is -0.0730. The third kappa shape index (κ3) is 2.66. The number of ether oxygens (including phenoxy) is 2. The van der Waals surface area contributed by atoms with Crippen LogP contribution in [0.15, 0.2) is 12.6 Å². The van der Waals surface area contributed by atoms with Gasteiger partial charge in [0.1, 0.15) is 6.33 Å². The summed E-state index contributed by atoms with van der Waals surface area (Å²) in [6, 6.07) is 0. The van der Waals surface area contributed by atoms with Gasteiger partial charge in [0.15, 0.2) is 5.69 Å². The van der Waals surface area contributed by atoms with Crippen molar-refractivity contribution < 1.29 is 14.4 Å². The number of methoxy groups -OCH3 is 1. The summed E-state index contributed by atoms with van der Waals surface area (Å²) in [5.41, 5.74) is -0.133. The average Bonchev–Trinajstić information content (AvgIpc) is 2.28. The minimum absolute atomic E-state index is 0.0730. The van der Waals surface area contributed by atoms with Crippen molar-refractivity contribution >= 4 is 11.8 Å². The van der Waals surface area contributed by atoms with Crippen LogP contribution in [0.1, 0.15) is 12.6 Å². The van der Waals surface area contributed by atoms with E-state index in [1.165, 1.54) is 25.8 Å². The number of hydrogen-bond acceptors (Lipinski definition) is 6. The lowest BCUT2D eigenvalue weighted by molar-refractivity contribution is -0.386. The van der Waals surface area contributed by atoms with Gasteiger partial charge in [0.2, 0.25) is 0 Å². The highest BCUT2D eigenvalue weighted by Gasteiger charge is 2.21. The number of aromatic nitrogens is 2. The predicted molar refractivity (Wildman–Crippen MR) is 55.9 cm³/mol. The SMILES string of the molecule is CCO/C=C/c1ncnc(OC)c1[N+](=O)[O-]. The molecule has 0 aliphatic heterocycles. The molecule has 1 rings (SSSR count). The van der Waals surface area contributed by atoms with Crippen LogP contribution in [-0.4, -0.2) is 28.6 Å². The number of rotatable bonds is 5. The van der Waals surface area contributed by atoms with Gasteiger partial charge in [-0.25, -0.2) is 4.98 Å². The molecular weight excluding hydrogens is 214 g/mol. The van der Waals surface area contributed by atoms with Crippen LogP contribution >= 0.6 is 0 Å². The lowest BCUT2D eigenvalue weighted by atomic mass is 10.3. The Hall–Kier alpha value is -2.18. The van der Waals surface area contributed by atoms with Crippen molar-refractivity contribution in [3.63, 3.8) is 0 Å². The largest absolute Gasteiger partial charge is 0.501 e. The van der Waals surface area contributed by atoms with E-state index in [0.717, 1.165) is 0 Å². The molecule has 1 aromatic rings. The maximum Gasteiger partial charge on any atom is 0.356 e. The zero-order valence-electron chi connectivity index (χ0n) is 8.91. The zero-order chi connectivity index (χ0) is 12.0. The van der Waals surface area contributed by atoms with E-state index in [-0.39, 0.29) is 17.3 Å². The predicted octanol–water partition coefficient (Wildman–Crippen LogP) is 1.40. The molecule has 0 saturated carbocycles. The topological polar surface area (TPSA) is 87.4 Å². The first-order valence-electron chi connectivity index (χ1n) is 4.52. The van der Waals surface area contributed by atoms with E-state index in [1.54, 1.807) is 6.92 Å². The van der Waals surface area contributed by atoms with Crippen molar-refractivity contribution in [3.8, 4) is 5.88 Å². The van der Waals surface area contributed by atoms with Gasteiger partial charge in [-0.1, -0.05) is 0 Å². The van der Waals surface area contributed by atoms with Crippen LogP contribution in [0.3, 0.4) is 0 Å². The minimum atomic E-state index is -0.593. The third-order valence-corrected chi connectivity index (χ3v) is 1.68. The Kier molecular flexibility index (Phi) is 4.19.